The Morgan fingerprint density at radius 1 is 1.38 bits per heavy atom. The van der Waals surface area contributed by atoms with Crippen LogP contribution in [-0.2, 0) is 6.54 Å². The minimum atomic E-state index is -1.23. The summed E-state index contributed by atoms with van der Waals surface area (Å²) in [5.74, 6) is -0.488. The molecule has 0 unspecified atom stereocenters. The van der Waals surface area contributed by atoms with E-state index in [1.807, 2.05) is 30.5 Å². The number of carboxylic acid groups (broad SMARTS) is 1. The van der Waals surface area contributed by atoms with Crippen molar-refractivity contribution in [3.63, 3.8) is 0 Å². The van der Waals surface area contributed by atoms with Crippen LogP contribution in [0.2, 0.25) is 0 Å². The van der Waals surface area contributed by atoms with Gasteiger partial charge in [-0.15, -0.1) is 11.3 Å². The molecular weight excluding hydrogens is 348 g/mol. The molecule has 0 aliphatic heterocycles. The smallest absolute Gasteiger partial charge is 0.341 e. The summed E-state index contributed by atoms with van der Waals surface area (Å²) in [4.78, 5) is 28.2. The number of thioether (sulfide) groups is 1. The standard InChI is InChI=1S/C16H14N2O4S2/c1-22-10-5-3-9(4-6-10)7-18-8-11(15(20)21)12(19)13-14(18)17-16(23-2)24-13/h3-6,8H,7H2,1-2H3,(H,20,21). The van der Waals surface area contributed by atoms with Crippen LogP contribution in [0.4, 0.5) is 0 Å². The van der Waals surface area contributed by atoms with Crippen molar-refractivity contribution in [3.05, 3.63) is 51.8 Å². The highest BCUT2D eigenvalue weighted by Crippen LogP contribution is 2.27. The zero-order valence-electron chi connectivity index (χ0n) is 13.0. The van der Waals surface area contributed by atoms with Gasteiger partial charge < -0.3 is 14.4 Å². The van der Waals surface area contributed by atoms with Crippen molar-refractivity contribution in [1.29, 1.82) is 0 Å². The number of ether oxygens (including phenoxy) is 1. The summed E-state index contributed by atoms with van der Waals surface area (Å²) in [5, 5.41) is 9.30. The summed E-state index contributed by atoms with van der Waals surface area (Å²) >= 11 is 2.65. The Morgan fingerprint density at radius 3 is 2.67 bits per heavy atom. The monoisotopic (exact) mass is 362 g/mol. The number of benzene rings is 1. The van der Waals surface area contributed by atoms with E-state index in [-0.39, 0.29) is 5.56 Å². The second-order valence-electron chi connectivity index (χ2n) is 4.99. The average Bonchev–Trinajstić information content (AvgIpc) is 3.03. The zero-order valence-corrected chi connectivity index (χ0v) is 14.6. The van der Waals surface area contributed by atoms with Gasteiger partial charge in [0.2, 0.25) is 5.43 Å². The predicted octanol–water partition coefficient (Wildman–Crippen LogP) is 2.94. The SMILES string of the molecule is COc1ccc(Cn2cc(C(=O)O)c(=O)c3sc(SC)nc32)cc1. The number of carboxylic acids is 1. The van der Waals surface area contributed by atoms with E-state index in [1.165, 1.54) is 29.3 Å². The number of methoxy groups -OCH3 is 1. The number of nitrogens with zero attached hydrogens (tertiary/aromatic N) is 2. The molecule has 8 heteroatoms. The lowest BCUT2D eigenvalue weighted by Gasteiger charge is -2.09. The van der Waals surface area contributed by atoms with E-state index >= 15 is 0 Å². The number of aromatic nitrogens is 2. The first-order valence-corrected chi connectivity index (χ1v) is 9.01. The number of carbonyl (C=O) groups is 1. The van der Waals surface area contributed by atoms with Crippen molar-refractivity contribution in [2.24, 2.45) is 0 Å². The van der Waals surface area contributed by atoms with E-state index in [4.69, 9.17) is 4.74 Å². The Balaban J connectivity index is 2.14. The zero-order chi connectivity index (χ0) is 17.3. The van der Waals surface area contributed by atoms with E-state index in [9.17, 15) is 14.7 Å². The third-order valence-electron chi connectivity index (χ3n) is 3.51. The van der Waals surface area contributed by atoms with Crippen LogP contribution in [0, 0.1) is 0 Å². The number of thiazole rings is 1. The van der Waals surface area contributed by atoms with Gasteiger partial charge in [-0.25, -0.2) is 9.78 Å². The Labute approximate surface area is 145 Å². The molecule has 0 saturated heterocycles. The summed E-state index contributed by atoms with van der Waals surface area (Å²) < 4.78 is 7.94. The summed E-state index contributed by atoms with van der Waals surface area (Å²) in [6.07, 6.45) is 3.23. The molecule has 6 nitrogen and oxygen atoms in total. The molecule has 124 valence electrons. The van der Waals surface area contributed by atoms with E-state index in [0.29, 0.717) is 16.9 Å². The molecule has 0 saturated carbocycles. The van der Waals surface area contributed by atoms with Gasteiger partial charge in [-0.05, 0) is 24.0 Å². The molecule has 3 aromatic rings. The molecular formula is C16H14N2O4S2. The van der Waals surface area contributed by atoms with Gasteiger partial charge in [-0.1, -0.05) is 23.9 Å². The maximum absolute atomic E-state index is 12.3. The highest BCUT2D eigenvalue weighted by atomic mass is 32.2. The molecule has 0 bridgehead atoms. The van der Waals surface area contributed by atoms with Crippen molar-refractivity contribution in [3.8, 4) is 5.75 Å². The first-order valence-electron chi connectivity index (χ1n) is 6.97. The van der Waals surface area contributed by atoms with E-state index in [2.05, 4.69) is 4.98 Å². The van der Waals surface area contributed by atoms with Crippen molar-refractivity contribution >= 4 is 39.4 Å². The summed E-state index contributed by atoms with van der Waals surface area (Å²) in [7, 11) is 1.60. The van der Waals surface area contributed by atoms with Crippen molar-refractivity contribution in [2.75, 3.05) is 13.4 Å². The number of pyridine rings is 1. The third kappa shape index (κ3) is 3.02. The Bertz CT molecular complexity index is 961. The number of fused-ring (bicyclic) bond motifs is 1. The highest BCUT2D eigenvalue weighted by Gasteiger charge is 2.18. The molecule has 0 amide bonds. The number of hydrogen-bond acceptors (Lipinski definition) is 6. The van der Waals surface area contributed by atoms with Crippen LogP contribution in [-0.4, -0.2) is 34.0 Å². The van der Waals surface area contributed by atoms with Gasteiger partial charge in [0.25, 0.3) is 0 Å². The average molecular weight is 362 g/mol. The fourth-order valence-corrected chi connectivity index (χ4v) is 3.85. The van der Waals surface area contributed by atoms with Crippen LogP contribution in [0.5, 0.6) is 5.75 Å². The Hall–Kier alpha value is -2.32. The van der Waals surface area contributed by atoms with Crippen LogP contribution in [0.3, 0.4) is 0 Å². The van der Waals surface area contributed by atoms with Gasteiger partial charge in [0, 0.05) is 12.7 Å². The highest BCUT2D eigenvalue weighted by molar-refractivity contribution is 8.00. The fraction of sp³-hybridized carbons (Fsp3) is 0.188. The van der Waals surface area contributed by atoms with Crippen LogP contribution < -0.4 is 10.2 Å². The van der Waals surface area contributed by atoms with Crippen LogP contribution in [0.15, 0.2) is 39.6 Å². The molecule has 0 aliphatic rings. The first kappa shape index (κ1) is 16.5. The van der Waals surface area contributed by atoms with Gasteiger partial charge in [-0.2, -0.15) is 0 Å². The van der Waals surface area contributed by atoms with Crippen molar-refractivity contribution in [2.45, 2.75) is 10.9 Å². The lowest BCUT2D eigenvalue weighted by Crippen LogP contribution is -2.18. The normalized spacial score (nSPS) is 10.9. The number of rotatable bonds is 5. The minimum Gasteiger partial charge on any atom is -0.497 e. The van der Waals surface area contributed by atoms with Gasteiger partial charge in [0.1, 0.15) is 16.0 Å². The molecule has 1 N–H and O–H groups in total. The quantitative estimate of drug-likeness (QED) is 0.703. The molecule has 2 aromatic heterocycles. The van der Waals surface area contributed by atoms with Crippen LogP contribution in [0.1, 0.15) is 15.9 Å². The molecule has 1 aromatic carbocycles. The number of aromatic carboxylic acids is 1. The molecule has 0 spiro atoms. The maximum Gasteiger partial charge on any atom is 0.341 e. The predicted molar refractivity (Wildman–Crippen MR) is 94.7 cm³/mol. The first-order chi connectivity index (χ1) is 11.5. The second kappa shape index (κ2) is 6.66. The molecule has 24 heavy (non-hydrogen) atoms. The van der Waals surface area contributed by atoms with E-state index in [0.717, 1.165) is 15.7 Å². The lowest BCUT2D eigenvalue weighted by molar-refractivity contribution is 0.0695. The summed E-state index contributed by atoms with van der Waals surface area (Å²) in [6, 6.07) is 7.46. The van der Waals surface area contributed by atoms with Gasteiger partial charge in [0.05, 0.1) is 7.11 Å². The second-order valence-corrected chi connectivity index (χ2v) is 7.04. The van der Waals surface area contributed by atoms with E-state index < -0.39 is 11.4 Å². The Morgan fingerprint density at radius 2 is 2.08 bits per heavy atom. The largest absolute Gasteiger partial charge is 0.497 e. The van der Waals surface area contributed by atoms with Crippen molar-refractivity contribution in [1.82, 2.24) is 9.55 Å². The molecule has 0 atom stereocenters. The summed E-state index contributed by atoms with van der Waals surface area (Å²) in [6.45, 7) is 0.415. The third-order valence-corrected chi connectivity index (χ3v) is 5.54. The van der Waals surface area contributed by atoms with Gasteiger partial charge >= 0.3 is 5.97 Å². The Kier molecular flexibility index (Phi) is 4.59. The maximum atomic E-state index is 12.3. The van der Waals surface area contributed by atoms with Gasteiger partial charge in [-0.3, -0.25) is 4.79 Å². The molecule has 0 fully saturated rings. The van der Waals surface area contributed by atoms with Crippen molar-refractivity contribution < 1.29 is 14.6 Å². The minimum absolute atomic E-state index is 0.243. The van der Waals surface area contributed by atoms with E-state index in [1.54, 1.807) is 11.7 Å². The van der Waals surface area contributed by atoms with Crippen LogP contribution in [0.25, 0.3) is 10.3 Å². The molecule has 2 heterocycles. The topological polar surface area (TPSA) is 81.4 Å². The molecule has 0 aliphatic carbocycles. The number of hydrogen-bond donors (Lipinski definition) is 1. The summed E-state index contributed by atoms with van der Waals surface area (Å²) in [5.41, 5.74) is 0.736. The lowest BCUT2D eigenvalue weighted by atomic mass is 10.2. The van der Waals surface area contributed by atoms with Gasteiger partial charge in [0.15, 0.2) is 9.99 Å². The fourth-order valence-electron chi connectivity index (χ4n) is 2.32. The van der Waals surface area contributed by atoms with Crippen LogP contribution >= 0.6 is 23.1 Å². The molecule has 3 rings (SSSR count). The molecule has 0 radical (unpaired) electrons.